The third-order valence-electron chi connectivity index (χ3n) is 1.96. The van der Waals surface area contributed by atoms with Gasteiger partial charge in [0.15, 0.2) is 12.6 Å². The van der Waals surface area contributed by atoms with Gasteiger partial charge in [0.2, 0.25) is 0 Å². The molecule has 86 valence electrons. The fraction of sp³-hybridized carbons (Fsp3) is 0.273. The highest BCUT2D eigenvalue weighted by Crippen LogP contribution is 2.28. The minimum atomic E-state index is -2.73. The van der Waals surface area contributed by atoms with Crippen molar-refractivity contribution in [3.05, 3.63) is 28.8 Å². The number of aldehydes is 2. The van der Waals surface area contributed by atoms with Crippen LogP contribution in [0.1, 0.15) is 39.6 Å². The molecule has 3 nitrogen and oxygen atoms in total. The normalized spacial score (nSPS) is 10.2. The topological polar surface area (TPSA) is 43.4 Å². The van der Waals surface area contributed by atoms with E-state index in [0.29, 0.717) is 12.6 Å². The number of benzene rings is 1. The maximum atomic E-state index is 12.4. The molecule has 0 bridgehead atoms. The minimum absolute atomic E-state index is 0.0400. The van der Waals surface area contributed by atoms with Crippen LogP contribution >= 0.6 is 0 Å². The van der Waals surface area contributed by atoms with Crippen LogP contribution in [0.3, 0.4) is 0 Å². The molecule has 5 heteroatoms. The second-order valence-corrected chi connectivity index (χ2v) is 3.00. The van der Waals surface area contributed by atoms with Crippen molar-refractivity contribution < 1.29 is 23.1 Å². The molecule has 0 atom stereocenters. The summed E-state index contributed by atoms with van der Waals surface area (Å²) in [5.41, 5.74) is -0.448. The van der Waals surface area contributed by atoms with Gasteiger partial charge >= 0.3 is 0 Å². The van der Waals surface area contributed by atoms with Gasteiger partial charge in [0.1, 0.15) is 5.75 Å². The number of ether oxygens (including phenoxy) is 1. The number of carbonyl (C=O) groups excluding carboxylic acids is 2. The maximum absolute atomic E-state index is 12.4. The lowest BCUT2D eigenvalue weighted by Crippen LogP contribution is -2.02. The molecule has 0 N–H and O–H groups in total. The van der Waals surface area contributed by atoms with Gasteiger partial charge in [0.05, 0.1) is 17.7 Å². The molecule has 1 aromatic carbocycles. The molecule has 0 aliphatic heterocycles. The highest BCUT2D eigenvalue weighted by molar-refractivity contribution is 5.89. The van der Waals surface area contributed by atoms with Crippen molar-refractivity contribution >= 4 is 12.6 Å². The zero-order valence-electron chi connectivity index (χ0n) is 8.57. The Bertz CT molecular complexity index is 373. The lowest BCUT2D eigenvalue weighted by atomic mass is 10.1. The highest BCUT2D eigenvalue weighted by atomic mass is 19.3. The molecule has 0 spiro atoms. The van der Waals surface area contributed by atoms with Crippen molar-refractivity contribution in [2.75, 3.05) is 6.61 Å². The highest BCUT2D eigenvalue weighted by Gasteiger charge is 2.16. The Balaban J connectivity index is 3.36. The van der Waals surface area contributed by atoms with Crippen LogP contribution in [0.4, 0.5) is 8.78 Å². The van der Waals surface area contributed by atoms with Crippen molar-refractivity contribution in [1.29, 1.82) is 0 Å². The molecule has 0 saturated heterocycles. The van der Waals surface area contributed by atoms with Gasteiger partial charge in [0, 0.05) is 5.56 Å². The molecule has 0 amide bonds. The summed E-state index contributed by atoms with van der Waals surface area (Å²) in [6.07, 6.45) is -1.94. The number of rotatable bonds is 5. The molecule has 0 aliphatic carbocycles. The van der Waals surface area contributed by atoms with Gasteiger partial charge in [-0.2, -0.15) is 0 Å². The van der Waals surface area contributed by atoms with Gasteiger partial charge in [-0.15, -0.1) is 0 Å². The van der Waals surface area contributed by atoms with Gasteiger partial charge in [-0.3, -0.25) is 9.59 Å². The molecule has 1 aromatic rings. The molecule has 0 aromatic heterocycles. The Morgan fingerprint density at radius 1 is 1.25 bits per heavy atom. The molecule has 0 fully saturated rings. The van der Waals surface area contributed by atoms with Crippen LogP contribution in [-0.4, -0.2) is 19.2 Å². The Hall–Kier alpha value is -1.78. The van der Waals surface area contributed by atoms with Crippen molar-refractivity contribution in [2.24, 2.45) is 0 Å². The van der Waals surface area contributed by atoms with E-state index in [1.807, 2.05) is 0 Å². The van der Waals surface area contributed by atoms with Gasteiger partial charge in [0.25, 0.3) is 6.43 Å². The third kappa shape index (κ3) is 2.42. The first-order valence-electron chi connectivity index (χ1n) is 4.63. The van der Waals surface area contributed by atoms with Gasteiger partial charge < -0.3 is 4.74 Å². The largest absolute Gasteiger partial charge is 0.492 e. The van der Waals surface area contributed by atoms with Crippen molar-refractivity contribution in [3.63, 3.8) is 0 Å². The summed E-state index contributed by atoms with van der Waals surface area (Å²) < 4.78 is 30.0. The summed E-state index contributed by atoms with van der Waals surface area (Å²) in [4.78, 5) is 21.4. The summed E-state index contributed by atoms with van der Waals surface area (Å²) in [6.45, 7) is 1.92. The summed E-state index contributed by atoms with van der Waals surface area (Å²) >= 11 is 0. The van der Waals surface area contributed by atoms with E-state index in [1.54, 1.807) is 6.92 Å². The number of halogens is 2. The molecular weight excluding hydrogens is 218 g/mol. The van der Waals surface area contributed by atoms with Crippen molar-refractivity contribution in [1.82, 2.24) is 0 Å². The molecule has 0 saturated carbocycles. The Morgan fingerprint density at radius 3 is 2.06 bits per heavy atom. The molecular formula is C11H10F2O3. The van der Waals surface area contributed by atoms with E-state index in [4.69, 9.17) is 4.74 Å². The van der Waals surface area contributed by atoms with Crippen molar-refractivity contribution in [3.8, 4) is 5.75 Å². The fourth-order valence-corrected chi connectivity index (χ4v) is 1.31. The molecule has 1 rings (SSSR count). The van der Waals surface area contributed by atoms with Gasteiger partial charge in [-0.1, -0.05) is 0 Å². The SMILES string of the molecule is CCOc1c(C=O)cc(C(F)F)cc1C=O. The number of alkyl halides is 2. The summed E-state index contributed by atoms with van der Waals surface area (Å²) in [6, 6.07) is 2.05. The second-order valence-electron chi connectivity index (χ2n) is 3.00. The average molecular weight is 228 g/mol. The molecule has 0 aliphatic rings. The smallest absolute Gasteiger partial charge is 0.263 e. The summed E-state index contributed by atoms with van der Waals surface area (Å²) in [5.74, 6) is 0.0527. The fourth-order valence-electron chi connectivity index (χ4n) is 1.31. The third-order valence-corrected chi connectivity index (χ3v) is 1.96. The maximum Gasteiger partial charge on any atom is 0.263 e. The van der Waals surface area contributed by atoms with E-state index in [9.17, 15) is 18.4 Å². The second kappa shape index (κ2) is 5.34. The summed E-state index contributed by atoms with van der Waals surface area (Å²) in [5, 5.41) is 0. The standard InChI is InChI=1S/C11H10F2O3/c1-2-16-10-8(5-14)3-7(11(12)13)4-9(10)6-15/h3-6,11H,2H2,1H3. The van der Waals surface area contributed by atoms with Crippen LogP contribution < -0.4 is 4.74 Å². The lowest BCUT2D eigenvalue weighted by Gasteiger charge is -2.10. The predicted molar refractivity (Wildman–Crippen MR) is 53.3 cm³/mol. The van der Waals surface area contributed by atoms with Gasteiger partial charge in [-0.05, 0) is 19.1 Å². The quantitative estimate of drug-likeness (QED) is 0.727. The zero-order chi connectivity index (χ0) is 12.1. The first kappa shape index (κ1) is 12.3. The molecule has 0 unspecified atom stereocenters. The lowest BCUT2D eigenvalue weighted by molar-refractivity contribution is 0.111. The predicted octanol–water partition coefficient (Wildman–Crippen LogP) is 2.65. The van der Waals surface area contributed by atoms with Crippen LogP contribution in [0.15, 0.2) is 12.1 Å². The Kier molecular flexibility index (Phi) is 4.10. The van der Waals surface area contributed by atoms with E-state index in [-0.39, 0.29) is 29.0 Å². The van der Waals surface area contributed by atoms with E-state index < -0.39 is 6.43 Å². The zero-order valence-corrected chi connectivity index (χ0v) is 8.57. The van der Waals surface area contributed by atoms with Crippen LogP contribution in [-0.2, 0) is 0 Å². The van der Waals surface area contributed by atoms with Crippen molar-refractivity contribution in [2.45, 2.75) is 13.3 Å². The monoisotopic (exact) mass is 228 g/mol. The van der Waals surface area contributed by atoms with E-state index >= 15 is 0 Å². The van der Waals surface area contributed by atoms with Gasteiger partial charge in [-0.25, -0.2) is 8.78 Å². The van der Waals surface area contributed by atoms with E-state index in [1.165, 1.54) is 0 Å². The minimum Gasteiger partial charge on any atom is -0.492 e. The van der Waals surface area contributed by atoms with Crippen LogP contribution in [0.25, 0.3) is 0 Å². The number of hydrogen-bond acceptors (Lipinski definition) is 3. The first-order valence-corrected chi connectivity index (χ1v) is 4.63. The number of hydrogen-bond donors (Lipinski definition) is 0. The Labute approximate surface area is 91.0 Å². The molecule has 16 heavy (non-hydrogen) atoms. The molecule has 0 heterocycles. The van der Waals surface area contributed by atoms with Crippen LogP contribution in [0.2, 0.25) is 0 Å². The number of carbonyl (C=O) groups is 2. The van der Waals surface area contributed by atoms with E-state index in [2.05, 4.69) is 0 Å². The average Bonchev–Trinajstić information content (AvgIpc) is 2.29. The first-order chi connectivity index (χ1) is 7.63. The molecule has 0 radical (unpaired) electrons. The van der Waals surface area contributed by atoms with Crippen LogP contribution in [0, 0.1) is 0 Å². The summed E-state index contributed by atoms with van der Waals surface area (Å²) in [7, 11) is 0. The van der Waals surface area contributed by atoms with Crippen LogP contribution in [0.5, 0.6) is 5.75 Å². The van der Waals surface area contributed by atoms with E-state index in [0.717, 1.165) is 12.1 Å². The Morgan fingerprint density at radius 2 is 1.75 bits per heavy atom.